The smallest absolute Gasteiger partial charge is 0.406 e. The van der Waals surface area contributed by atoms with Crippen LogP contribution >= 0.6 is 0 Å². The molecule has 0 fully saturated rings. The highest BCUT2D eigenvalue weighted by Gasteiger charge is 2.30. The summed E-state index contributed by atoms with van der Waals surface area (Å²) in [5.74, 6) is 0.279. The number of aromatic nitrogens is 1. The molecule has 4 nitrogen and oxygen atoms in total. The predicted molar refractivity (Wildman–Crippen MR) is 80.4 cm³/mol. The number of pyridine rings is 1. The summed E-state index contributed by atoms with van der Waals surface area (Å²) < 4.78 is 39.8. The van der Waals surface area contributed by atoms with Crippen LogP contribution in [0, 0.1) is 0 Å². The van der Waals surface area contributed by atoms with E-state index in [1.807, 2.05) is 13.8 Å². The summed E-state index contributed by atoms with van der Waals surface area (Å²) in [7, 11) is 0. The lowest BCUT2D eigenvalue weighted by Crippen LogP contribution is -2.17. The molecular formula is C15H18F3N3O. The van der Waals surface area contributed by atoms with Crippen LogP contribution in [-0.4, -0.2) is 11.3 Å². The number of anilines is 2. The van der Waals surface area contributed by atoms with Crippen LogP contribution < -0.4 is 15.8 Å². The number of hydrogen-bond acceptors (Lipinski definition) is 4. The zero-order chi connectivity index (χ0) is 16.6. The molecule has 0 amide bonds. The second-order valence-electron chi connectivity index (χ2n) is 3.99. The molecule has 2 aromatic rings. The van der Waals surface area contributed by atoms with E-state index < -0.39 is 6.36 Å². The summed E-state index contributed by atoms with van der Waals surface area (Å²) in [6.07, 6.45) is -3.08. The molecule has 2 rings (SSSR count). The number of nitrogen functional groups attached to an aromatic ring is 1. The lowest BCUT2D eigenvalue weighted by atomic mass is 10.2. The van der Waals surface area contributed by atoms with Crippen LogP contribution in [0.15, 0.2) is 42.6 Å². The number of nitrogens with one attached hydrogen (secondary N) is 1. The first kappa shape index (κ1) is 17.6. The van der Waals surface area contributed by atoms with Crippen molar-refractivity contribution in [2.45, 2.75) is 26.8 Å². The number of halogens is 3. The number of nitrogens with zero attached hydrogens (tertiary/aromatic N) is 1. The monoisotopic (exact) mass is 313 g/mol. The first-order valence-corrected chi connectivity index (χ1v) is 6.73. The van der Waals surface area contributed by atoms with Gasteiger partial charge in [-0.3, -0.25) is 0 Å². The number of alkyl halides is 3. The van der Waals surface area contributed by atoms with Crippen LogP contribution in [0.4, 0.5) is 24.7 Å². The summed E-state index contributed by atoms with van der Waals surface area (Å²) in [6, 6.07) is 9.00. The molecule has 0 atom stereocenters. The molecule has 1 aromatic heterocycles. The van der Waals surface area contributed by atoms with Crippen molar-refractivity contribution in [3.05, 3.63) is 48.2 Å². The van der Waals surface area contributed by atoms with Gasteiger partial charge in [-0.25, -0.2) is 4.98 Å². The second-order valence-corrected chi connectivity index (χ2v) is 3.99. The summed E-state index contributed by atoms with van der Waals surface area (Å²) in [5, 5.41) is 3.00. The van der Waals surface area contributed by atoms with Crippen LogP contribution in [0.25, 0.3) is 0 Å². The van der Waals surface area contributed by atoms with Gasteiger partial charge in [0.05, 0.1) is 5.69 Å². The third-order valence-electron chi connectivity index (χ3n) is 2.46. The lowest BCUT2D eigenvalue weighted by Gasteiger charge is -2.10. The van der Waals surface area contributed by atoms with Gasteiger partial charge in [-0.1, -0.05) is 26.0 Å². The summed E-state index contributed by atoms with van der Waals surface area (Å²) in [5.41, 5.74) is 6.99. The van der Waals surface area contributed by atoms with Crippen molar-refractivity contribution in [2.75, 3.05) is 11.1 Å². The molecule has 0 aliphatic carbocycles. The first-order valence-electron chi connectivity index (χ1n) is 6.73. The third-order valence-corrected chi connectivity index (χ3v) is 2.46. The van der Waals surface area contributed by atoms with Crippen molar-refractivity contribution in [3.8, 4) is 5.75 Å². The summed E-state index contributed by atoms with van der Waals surface area (Å²) >= 11 is 0. The van der Waals surface area contributed by atoms with Gasteiger partial charge in [0.1, 0.15) is 11.6 Å². The highest BCUT2D eigenvalue weighted by atomic mass is 19.4. The van der Waals surface area contributed by atoms with E-state index in [0.29, 0.717) is 18.1 Å². The number of rotatable bonds is 4. The Hall–Kier alpha value is -2.44. The summed E-state index contributed by atoms with van der Waals surface area (Å²) in [4.78, 5) is 4.05. The van der Waals surface area contributed by atoms with Gasteiger partial charge in [0.2, 0.25) is 0 Å². The van der Waals surface area contributed by atoms with Gasteiger partial charge < -0.3 is 15.8 Å². The molecule has 7 heteroatoms. The molecule has 0 aliphatic rings. The van der Waals surface area contributed by atoms with E-state index in [9.17, 15) is 13.2 Å². The Morgan fingerprint density at radius 3 is 2.32 bits per heavy atom. The van der Waals surface area contributed by atoms with Crippen molar-refractivity contribution >= 4 is 11.5 Å². The Morgan fingerprint density at radius 1 is 1.14 bits per heavy atom. The van der Waals surface area contributed by atoms with Crippen LogP contribution in [0.5, 0.6) is 5.75 Å². The van der Waals surface area contributed by atoms with E-state index in [1.165, 1.54) is 24.3 Å². The molecule has 22 heavy (non-hydrogen) atoms. The maximum Gasteiger partial charge on any atom is 0.573 e. The molecule has 0 saturated carbocycles. The highest BCUT2D eigenvalue weighted by molar-refractivity contribution is 5.60. The van der Waals surface area contributed by atoms with Crippen LogP contribution in [0.2, 0.25) is 0 Å². The van der Waals surface area contributed by atoms with Crippen LogP contribution in [-0.2, 0) is 6.54 Å². The number of benzene rings is 1. The van der Waals surface area contributed by atoms with Gasteiger partial charge in [-0.2, -0.15) is 0 Å². The van der Waals surface area contributed by atoms with Gasteiger partial charge in [0, 0.05) is 12.7 Å². The molecule has 0 bridgehead atoms. The van der Waals surface area contributed by atoms with Crippen molar-refractivity contribution in [3.63, 3.8) is 0 Å². The van der Waals surface area contributed by atoms with Gasteiger partial charge in [-0.05, 0) is 29.8 Å². The predicted octanol–water partition coefficient (Wildman–Crippen LogP) is 4.20. The van der Waals surface area contributed by atoms with Crippen molar-refractivity contribution in [2.24, 2.45) is 0 Å². The Balaban J connectivity index is 0.00000116. The fourth-order valence-electron chi connectivity index (χ4n) is 1.56. The minimum absolute atomic E-state index is 0.251. The average Bonchev–Trinajstić information content (AvgIpc) is 2.48. The van der Waals surface area contributed by atoms with Gasteiger partial charge >= 0.3 is 6.36 Å². The standard InChI is InChI=1S/C13H12F3N3O.C2H6/c14-13(15,16)20-10-5-3-9(4-6-10)8-19-12-11(17)2-1-7-18-12;1-2/h1-7H,8,17H2,(H,18,19);1-2H3. The van der Waals surface area contributed by atoms with E-state index in [0.717, 1.165) is 5.56 Å². The molecule has 120 valence electrons. The number of hydrogen-bond donors (Lipinski definition) is 2. The van der Waals surface area contributed by atoms with Crippen LogP contribution in [0.3, 0.4) is 0 Å². The molecular weight excluding hydrogens is 295 g/mol. The number of nitrogens with two attached hydrogens (primary N) is 1. The largest absolute Gasteiger partial charge is 0.573 e. The quantitative estimate of drug-likeness (QED) is 0.888. The summed E-state index contributed by atoms with van der Waals surface area (Å²) in [6.45, 7) is 4.40. The molecule has 1 aromatic carbocycles. The normalized spacial score (nSPS) is 10.4. The molecule has 0 spiro atoms. The Bertz CT molecular complexity index is 571. The van der Waals surface area contributed by atoms with Crippen molar-refractivity contribution in [1.82, 2.24) is 4.98 Å². The fourth-order valence-corrected chi connectivity index (χ4v) is 1.56. The zero-order valence-corrected chi connectivity index (χ0v) is 12.3. The van der Waals surface area contributed by atoms with Gasteiger partial charge in [-0.15, -0.1) is 13.2 Å². The lowest BCUT2D eigenvalue weighted by molar-refractivity contribution is -0.274. The minimum atomic E-state index is -4.68. The molecule has 0 aliphatic heterocycles. The Kier molecular flexibility index (Phi) is 6.49. The van der Waals surface area contributed by atoms with Gasteiger partial charge in [0.15, 0.2) is 0 Å². The molecule has 3 N–H and O–H groups in total. The average molecular weight is 313 g/mol. The van der Waals surface area contributed by atoms with Gasteiger partial charge in [0.25, 0.3) is 0 Å². The third kappa shape index (κ3) is 5.90. The van der Waals surface area contributed by atoms with Crippen LogP contribution in [0.1, 0.15) is 19.4 Å². The van der Waals surface area contributed by atoms with E-state index in [2.05, 4.69) is 15.0 Å². The fraction of sp³-hybridized carbons (Fsp3) is 0.267. The maximum absolute atomic E-state index is 12.0. The first-order chi connectivity index (χ1) is 10.4. The maximum atomic E-state index is 12.0. The molecule has 1 heterocycles. The van der Waals surface area contributed by atoms with E-state index in [1.54, 1.807) is 18.3 Å². The minimum Gasteiger partial charge on any atom is -0.406 e. The van der Waals surface area contributed by atoms with E-state index in [4.69, 9.17) is 5.73 Å². The molecule has 0 saturated heterocycles. The zero-order valence-electron chi connectivity index (χ0n) is 12.3. The number of ether oxygens (including phenoxy) is 1. The Morgan fingerprint density at radius 2 is 1.77 bits per heavy atom. The van der Waals surface area contributed by atoms with E-state index in [-0.39, 0.29) is 5.75 Å². The molecule has 0 radical (unpaired) electrons. The second kappa shape index (κ2) is 8.11. The Labute approximate surface area is 127 Å². The SMILES string of the molecule is CC.Nc1cccnc1NCc1ccc(OC(F)(F)F)cc1. The molecule has 0 unspecified atom stereocenters. The highest BCUT2D eigenvalue weighted by Crippen LogP contribution is 2.23. The van der Waals surface area contributed by atoms with Crippen molar-refractivity contribution < 1.29 is 17.9 Å². The topological polar surface area (TPSA) is 60.2 Å². The van der Waals surface area contributed by atoms with Crippen molar-refractivity contribution in [1.29, 1.82) is 0 Å². The van der Waals surface area contributed by atoms with E-state index >= 15 is 0 Å².